The van der Waals surface area contributed by atoms with Gasteiger partial charge in [-0.25, -0.2) is 9.18 Å². The van der Waals surface area contributed by atoms with E-state index in [0.29, 0.717) is 18.2 Å². The number of alkyl halides is 3. The maximum absolute atomic E-state index is 13.5. The van der Waals surface area contributed by atoms with E-state index in [1.807, 2.05) is 5.32 Å². The van der Waals surface area contributed by atoms with Crippen LogP contribution in [0.3, 0.4) is 0 Å². The summed E-state index contributed by atoms with van der Waals surface area (Å²) in [6, 6.07) is 0.0437. The third-order valence-corrected chi connectivity index (χ3v) is 2.76. The van der Waals surface area contributed by atoms with Crippen molar-refractivity contribution >= 4 is 11.9 Å². The third kappa shape index (κ3) is 4.17. The number of carbonyl (C=O) groups excluding carboxylic acids is 1. The van der Waals surface area contributed by atoms with Crippen molar-refractivity contribution in [3.63, 3.8) is 0 Å². The quantitative estimate of drug-likeness (QED) is 0.841. The van der Waals surface area contributed by atoms with E-state index >= 15 is 0 Å². The van der Waals surface area contributed by atoms with Gasteiger partial charge in [-0.15, -0.1) is 0 Å². The zero-order valence-electron chi connectivity index (χ0n) is 11.2. The lowest BCUT2D eigenvalue weighted by Crippen LogP contribution is -2.44. The van der Waals surface area contributed by atoms with E-state index in [2.05, 4.69) is 0 Å². The van der Waals surface area contributed by atoms with Crippen molar-refractivity contribution < 1.29 is 32.3 Å². The summed E-state index contributed by atoms with van der Waals surface area (Å²) in [7, 11) is 0. The average Bonchev–Trinajstić information content (AvgIpc) is 2.33. The minimum atomic E-state index is -4.73. The number of carbonyl (C=O) groups is 2. The Bertz CT molecular complexity index is 555. The minimum absolute atomic E-state index is 0.351. The van der Waals surface area contributed by atoms with Gasteiger partial charge < -0.3 is 10.4 Å². The average molecular weight is 307 g/mol. The second-order valence-corrected chi connectivity index (χ2v) is 4.73. The number of rotatable bonds is 4. The first-order valence-electron chi connectivity index (χ1n) is 5.94. The molecule has 4 nitrogen and oxygen atoms in total. The molecule has 0 aromatic heterocycles. The number of amides is 1. The van der Waals surface area contributed by atoms with Crippen molar-refractivity contribution in [1.82, 2.24) is 5.32 Å². The van der Waals surface area contributed by atoms with Gasteiger partial charge in [-0.1, -0.05) is 13.8 Å². The molecule has 0 bridgehead atoms. The molecule has 0 aliphatic carbocycles. The van der Waals surface area contributed by atoms with Gasteiger partial charge in [-0.2, -0.15) is 13.2 Å². The zero-order valence-corrected chi connectivity index (χ0v) is 11.2. The van der Waals surface area contributed by atoms with Gasteiger partial charge in [0, 0.05) is 0 Å². The normalized spacial score (nSPS) is 13.1. The molecule has 116 valence electrons. The zero-order chi connectivity index (χ0) is 16.4. The fraction of sp³-hybridized carbons (Fsp3) is 0.385. The molecule has 0 fully saturated rings. The Balaban J connectivity index is 3.10. The summed E-state index contributed by atoms with van der Waals surface area (Å²) in [6.07, 6.45) is -4.73. The van der Waals surface area contributed by atoms with Crippen molar-refractivity contribution in [2.75, 3.05) is 0 Å². The number of hydrogen-bond donors (Lipinski definition) is 2. The molecule has 0 spiro atoms. The predicted molar refractivity (Wildman–Crippen MR) is 65.1 cm³/mol. The fourth-order valence-electron chi connectivity index (χ4n) is 1.61. The predicted octanol–water partition coefficient (Wildman–Crippen LogP) is 2.68. The van der Waals surface area contributed by atoms with Crippen LogP contribution in [0.1, 0.15) is 29.8 Å². The molecule has 0 heterocycles. The van der Waals surface area contributed by atoms with Crippen LogP contribution in [-0.4, -0.2) is 23.0 Å². The van der Waals surface area contributed by atoms with Crippen molar-refractivity contribution in [2.24, 2.45) is 5.92 Å². The molecule has 1 rings (SSSR count). The Morgan fingerprint density at radius 2 is 1.81 bits per heavy atom. The highest BCUT2D eigenvalue weighted by Crippen LogP contribution is 2.30. The number of aliphatic carboxylic acids is 1. The Morgan fingerprint density at radius 1 is 1.24 bits per heavy atom. The molecular formula is C13H13F4NO3. The van der Waals surface area contributed by atoms with Gasteiger partial charge in [0.1, 0.15) is 11.9 Å². The van der Waals surface area contributed by atoms with Crippen LogP contribution in [0.4, 0.5) is 17.6 Å². The maximum atomic E-state index is 13.5. The summed E-state index contributed by atoms with van der Waals surface area (Å²) >= 11 is 0. The monoisotopic (exact) mass is 307 g/mol. The maximum Gasteiger partial charge on any atom is 0.416 e. The number of carboxylic acids is 1. The van der Waals surface area contributed by atoms with Crippen molar-refractivity contribution in [3.8, 4) is 0 Å². The van der Waals surface area contributed by atoms with Gasteiger partial charge in [-0.05, 0) is 24.1 Å². The van der Waals surface area contributed by atoms with Crippen LogP contribution in [0.2, 0.25) is 0 Å². The highest BCUT2D eigenvalue weighted by Gasteiger charge is 2.32. The van der Waals surface area contributed by atoms with Gasteiger partial charge in [0.05, 0.1) is 11.1 Å². The molecular weight excluding hydrogens is 294 g/mol. The molecule has 8 heteroatoms. The highest BCUT2D eigenvalue weighted by atomic mass is 19.4. The largest absolute Gasteiger partial charge is 0.480 e. The SMILES string of the molecule is CC(C)[C@H](NC(=O)c1cc(C(F)(F)F)ccc1F)C(=O)O. The van der Waals surface area contributed by atoms with E-state index in [1.54, 1.807) is 0 Å². The first-order chi connectivity index (χ1) is 9.54. The Kier molecular flexibility index (Phi) is 4.93. The van der Waals surface area contributed by atoms with Gasteiger partial charge in [0.25, 0.3) is 5.91 Å². The third-order valence-electron chi connectivity index (χ3n) is 2.76. The lowest BCUT2D eigenvalue weighted by molar-refractivity contribution is -0.140. The van der Waals surface area contributed by atoms with Crippen LogP contribution in [0, 0.1) is 11.7 Å². The van der Waals surface area contributed by atoms with Gasteiger partial charge in [0.2, 0.25) is 0 Å². The molecule has 0 aliphatic rings. The molecule has 0 aliphatic heterocycles. The van der Waals surface area contributed by atoms with E-state index in [0.717, 1.165) is 0 Å². The lowest BCUT2D eigenvalue weighted by atomic mass is 10.0. The summed E-state index contributed by atoms with van der Waals surface area (Å²) in [5, 5.41) is 10.9. The van der Waals surface area contributed by atoms with E-state index < -0.39 is 47.0 Å². The van der Waals surface area contributed by atoms with E-state index in [1.165, 1.54) is 13.8 Å². The number of benzene rings is 1. The second kappa shape index (κ2) is 6.11. The summed E-state index contributed by atoms with van der Waals surface area (Å²) in [5.74, 6) is -4.24. The first-order valence-corrected chi connectivity index (χ1v) is 5.94. The number of nitrogens with one attached hydrogen (secondary N) is 1. The van der Waals surface area contributed by atoms with Gasteiger partial charge in [-0.3, -0.25) is 4.79 Å². The van der Waals surface area contributed by atoms with Gasteiger partial charge in [0.15, 0.2) is 0 Å². The van der Waals surface area contributed by atoms with Crippen molar-refractivity contribution in [3.05, 3.63) is 35.1 Å². The molecule has 1 aromatic carbocycles. The van der Waals surface area contributed by atoms with E-state index in [9.17, 15) is 27.2 Å². The fourth-order valence-corrected chi connectivity index (χ4v) is 1.61. The summed E-state index contributed by atoms with van der Waals surface area (Å²) in [6.45, 7) is 3.00. The van der Waals surface area contributed by atoms with E-state index in [-0.39, 0.29) is 0 Å². The van der Waals surface area contributed by atoms with Crippen LogP contribution < -0.4 is 5.32 Å². The highest BCUT2D eigenvalue weighted by molar-refractivity contribution is 5.97. The summed E-state index contributed by atoms with van der Waals surface area (Å²) < 4.78 is 51.1. The molecule has 21 heavy (non-hydrogen) atoms. The van der Waals surface area contributed by atoms with Crippen LogP contribution in [0.15, 0.2) is 18.2 Å². The molecule has 0 unspecified atom stereocenters. The van der Waals surface area contributed by atoms with Crippen molar-refractivity contribution in [2.45, 2.75) is 26.1 Å². The molecule has 1 aromatic rings. The van der Waals surface area contributed by atoms with Gasteiger partial charge >= 0.3 is 12.1 Å². The summed E-state index contributed by atoms with van der Waals surface area (Å²) in [4.78, 5) is 22.7. The molecule has 0 saturated carbocycles. The topological polar surface area (TPSA) is 66.4 Å². The smallest absolute Gasteiger partial charge is 0.416 e. The Labute approximate surface area is 117 Å². The number of carboxylic acid groups (broad SMARTS) is 1. The van der Waals surface area contributed by atoms with E-state index in [4.69, 9.17) is 5.11 Å². The van der Waals surface area contributed by atoms with Crippen LogP contribution in [0.5, 0.6) is 0 Å². The summed E-state index contributed by atoms with van der Waals surface area (Å²) in [5.41, 5.74) is -2.04. The number of halogens is 4. The molecule has 0 radical (unpaired) electrons. The molecule has 1 amide bonds. The lowest BCUT2D eigenvalue weighted by Gasteiger charge is -2.18. The standard InChI is InChI=1S/C13H13F4NO3/c1-6(2)10(12(20)21)18-11(19)8-5-7(13(15,16)17)3-4-9(8)14/h3-6,10H,1-2H3,(H,18,19)(H,20,21)/t10-/m0/s1. The first kappa shape index (κ1) is 16.9. The minimum Gasteiger partial charge on any atom is -0.480 e. The van der Waals surface area contributed by atoms with Crippen LogP contribution in [0.25, 0.3) is 0 Å². The molecule has 0 saturated heterocycles. The molecule has 1 atom stereocenters. The Morgan fingerprint density at radius 3 is 2.24 bits per heavy atom. The number of hydrogen-bond acceptors (Lipinski definition) is 2. The van der Waals surface area contributed by atoms with Crippen LogP contribution in [-0.2, 0) is 11.0 Å². The van der Waals surface area contributed by atoms with Crippen molar-refractivity contribution in [1.29, 1.82) is 0 Å². The van der Waals surface area contributed by atoms with Crippen LogP contribution >= 0.6 is 0 Å². The Hall–Kier alpha value is -2.12. The molecule has 2 N–H and O–H groups in total. The second-order valence-electron chi connectivity index (χ2n) is 4.73.